The van der Waals surface area contributed by atoms with Crippen LogP contribution in [-0.2, 0) is 4.79 Å². The number of hydrogen-bond acceptors (Lipinski definition) is 3. The van der Waals surface area contributed by atoms with Gasteiger partial charge in [-0.15, -0.1) is 0 Å². The first-order valence-corrected chi connectivity index (χ1v) is 8.38. The minimum atomic E-state index is -0.979. The predicted octanol–water partition coefficient (Wildman–Crippen LogP) is 5.04. The van der Waals surface area contributed by atoms with E-state index < -0.39 is 12.1 Å². The van der Waals surface area contributed by atoms with Crippen molar-refractivity contribution >= 4 is 28.5 Å². The Labute approximate surface area is 151 Å². The first-order chi connectivity index (χ1) is 12.0. The largest absolute Gasteiger partial charge is 0.478 e. The molecule has 0 amide bonds. The van der Waals surface area contributed by atoms with Crippen LogP contribution in [0.15, 0.2) is 54.7 Å². The average Bonchev–Trinajstić information content (AvgIpc) is 2.59. The van der Waals surface area contributed by atoms with E-state index in [9.17, 15) is 9.90 Å². The van der Waals surface area contributed by atoms with Crippen molar-refractivity contribution in [3.8, 4) is 16.9 Å². The third-order valence-electron chi connectivity index (χ3n) is 3.99. The van der Waals surface area contributed by atoms with Gasteiger partial charge in [0, 0.05) is 34.2 Å². The molecular formula is C20H18ClNO3. The van der Waals surface area contributed by atoms with Crippen molar-refractivity contribution in [1.82, 2.24) is 4.98 Å². The van der Waals surface area contributed by atoms with Gasteiger partial charge in [0.2, 0.25) is 0 Å². The van der Waals surface area contributed by atoms with Crippen molar-refractivity contribution in [1.29, 1.82) is 0 Å². The number of aliphatic carboxylic acids is 1. The minimum absolute atomic E-state index is 0.143. The average molecular weight is 356 g/mol. The molecule has 3 rings (SSSR count). The summed E-state index contributed by atoms with van der Waals surface area (Å²) in [6.45, 7) is 3.63. The Balaban J connectivity index is 2.03. The van der Waals surface area contributed by atoms with Crippen LogP contribution < -0.4 is 4.74 Å². The number of benzene rings is 2. The molecule has 1 unspecified atom stereocenters. The summed E-state index contributed by atoms with van der Waals surface area (Å²) in [5.74, 6) is -0.638. The lowest BCUT2D eigenvalue weighted by atomic mass is 10.0. The number of pyridine rings is 1. The maximum absolute atomic E-state index is 11.3. The molecule has 25 heavy (non-hydrogen) atoms. The predicted molar refractivity (Wildman–Crippen MR) is 99.1 cm³/mol. The van der Waals surface area contributed by atoms with Gasteiger partial charge in [0.25, 0.3) is 0 Å². The number of aromatic nitrogens is 1. The fourth-order valence-corrected chi connectivity index (χ4v) is 2.97. The van der Waals surface area contributed by atoms with E-state index in [0.717, 1.165) is 22.0 Å². The zero-order valence-electron chi connectivity index (χ0n) is 13.9. The van der Waals surface area contributed by atoms with E-state index in [1.54, 1.807) is 18.3 Å². The van der Waals surface area contributed by atoms with Crippen molar-refractivity contribution < 1.29 is 14.6 Å². The Morgan fingerprint density at radius 3 is 2.56 bits per heavy atom. The number of carboxylic acids is 1. The van der Waals surface area contributed by atoms with Gasteiger partial charge in [0.1, 0.15) is 5.75 Å². The van der Waals surface area contributed by atoms with E-state index >= 15 is 0 Å². The van der Waals surface area contributed by atoms with Crippen LogP contribution in [-0.4, -0.2) is 22.2 Å². The number of fused-ring (bicyclic) bond motifs is 1. The minimum Gasteiger partial charge on any atom is -0.478 e. The lowest BCUT2D eigenvalue weighted by Crippen LogP contribution is -2.32. The Morgan fingerprint density at radius 1 is 1.12 bits per heavy atom. The SMILES string of the molecule is CC(C)C(Oc1ccc2c(-c3ccccc3Cl)ccnc2c1)C(=O)O. The third kappa shape index (κ3) is 3.59. The molecule has 0 aliphatic heterocycles. The zero-order valence-corrected chi connectivity index (χ0v) is 14.7. The summed E-state index contributed by atoms with van der Waals surface area (Å²) in [7, 11) is 0. The van der Waals surface area contributed by atoms with E-state index in [1.165, 1.54) is 0 Å². The molecule has 0 fully saturated rings. The van der Waals surface area contributed by atoms with E-state index in [-0.39, 0.29) is 5.92 Å². The number of carboxylic acid groups (broad SMARTS) is 1. The molecule has 0 aliphatic carbocycles. The van der Waals surface area contributed by atoms with Gasteiger partial charge < -0.3 is 9.84 Å². The van der Waals surface area contributed by atoms with Gasteiger partial charge in [0.15, 0.2) is 6.10 Å². The van der Waals surface area contributed by atoms with Crippen molar-refractivity contribution in [2.24, 2.45) is 5.92 Å². The molecule has 2 aromatic carbocycles. The molecule has 1 atom stereocenters. The summed E-state index contributed by atoms with van der Waals surface area (Å²) in [6, 6.07) is 15.0. The highest BCUT2D eigenvalue weighted by atomic mass is 35.5. The van der Waals surface area contributed by atoms with E-state index in [0.29, 0.717) is 10.8 Å². The molecule has 0 spiro atoms. The molecule has 5 heteroatoms. The van der Waals surface area contributed by atoms with Gasteiger partial charge in [-0.05, 0) is 29.8 Å². The summed E-state index contributed by atoms with van der Waals surface area (Å²) in [5.41, 5.74) is 2.62. The smallest absolute Gasteiger partial charge is 0.345 e. The van der Waals surface area contributed by atoms with E-state index in [1.807, 2.05) is 50.2 Å². The van der Waals surface area contributed by atoms with E-state index in [4.69, 9.17) is 16.3 Å². The van der Waals surface area contributed by atoms with Gasteiger partial charge in [-0.1, -0.05) is 43.6 Å². The summed E-state index contributed by atoms with van der Waals surface area (Å²) in [6.07, 6.45) is 0.811. The normalized spacial score (nSPS) is 12.3. The number of ether oxygens (including phenoxy) is 1. The Kier molecular flexibility index (Phi) is 4.91. The van der Waals surface area contributed by atoms with Crippen LogP contribution in [0.2, 0.25) is 5.02 Å². The van der Waals surface area contributed by atoms with Crippen molar-refractivity contribution in [2.45, 2.75) is 20.0 Å². The Morgan fingerprint density at radius 2 is 1.88 bits per heavy atom. The van der Waals surface area contributed by atoms with Crippen LogP contribution >= 0.6 is 11.6 Å². The van der Waals surface area contributed by atoms with Crippen LogP contribution in [0.4, 0.5) is 0 Å². The highest BCUT2D eigenvalue weighted by Gasteiger charge is 2.23. The number of rotatable bonds is 5. The van der Waals surface area contributed by atoms with Crippen LogP contribution in [0.1, 0.15) is 13.8 Å². The summed E-state index contributed by atoms with van der Waals surface area (Å²) >= 11 is 6.32. The maximum Gasteiger partial charge on any atom is 0.345 e. The molecule has 4 nitrogen and oxygen atoms in total. The number of nitrogens with zero attached hydrogens (tertiary/aromatic N) is 1. The van der Waals surface area contributed by atoms with Crippen LogP contribution in [0.3, 0.4) is 0 Å². The lowest BCUT2D eigenvalue weighted by Gasteiger charge is -2.18. The van der Waals surface area contributed by atoms with Crippen molar-refractivity contribution in [3.63, 3.8) is 0 Å². The standard InChI is InChI=1S/C20H18ClNO3/c1-12(2)19(20(23)24)25-13-7-8-16-14(9-10-22-18(16)11-13)15-5-3-4-6-17(15)21/h3-12,19H,1-2H3,(H,23,24). The zero-order chi connectivity index (χ0) is 18.0. The summed E-state index contributed by atoms with van der Waals surface area (Å²) < 4.78 is 5.65. The van der Waals surface area contributed by atoms with Crippen LogP contribution in [0, 0.1) is 5.92 Å². The molecular weight excluding hydrogens is 338 g/mol. The topological polar surface area (TPSA) is 59.4 Å². The molecule has 3 aromatic rings. The van der Waals surface area contributed by atoms with Gasteiger partial charge in [-0.3, -0.25) is 4.98 Å². The highest BCUT2D eigenvalue weighted by Crippen LogP contribution is 2.34. The summed E-state index contributed by atoms with van der Waals surface area (Å²) in [5, 5.41) is 10.9. The van der Waals surface area contributed by atoms with Crippen LogP contribution in [0.5, 0.6) is 5.75 Å². The molecule has 0 radical (unpaired) electrons. The molecule has 1 N–H and O–H groups in total. The van der Waals surface area contributed by atoms with Gasteiger partial charge in [0.05, 0.1) is 5.52 Å². The second-order valence-corrected chi connectivity index (χ2v) is 6.55. The molecule has 128 valence electrons. The molecule has 0 saturated carbocycles. The Bertz CT molecular complexity index is 924. The van der Waals surface area contributed by atoms with E-state index in [2.05, 4.69) is 4.98 Å². The molecule has 0 bridgehead atoms. The molecule has 0 saturated heterocycles. The van der Waals surface area contributed by atoms with Crippen molar-refractivity contribution in [2.75, 3.05) is 0 Å². The second-order valence-electron chi connectivity index (χ2n) is 6.14. The van der Waals surface area contributed by atoms with Gasteiger partial charge in [-0.25, -0.2) is 4.79 Å². The maximum atomic E-state index is 11.3. The van der Waals surface area contributed by atoms with Gasteiger partial charge >= 0.3 is 5.97 Å². The first-order valence-electron chi connectivity index (χ1n) is 8.00. The fourth-order valence-electron chi connectivity index (χ4n) is 2.73. The quantitative estimate of drug-likeness (QED) is 0.696. The Hall–Kier alpha value is -2.59. The molecule has 1 heterocycles. The van der Waals surface area contributed by atoms with Gasteiger partial charge in [-0.2, -0.15) is 0 Å². The fraction of sp³-hybridized carbons (Fsp3) is 0.200. The second kappa shape index (κ2) is 7.11. The summed E-state index contributed by atoms with van der Waals surface area (Å²) in [4.78, 5) is 15.7. The van der Waals surface area contributed by atoms with Crippen LogP contribution in [0.25, 0.3) is 22.0 Å². The number of halogens is 1. The number of hydrogen-bond donors (Lipinski definition) is 1. The first kappa shape index (κ1) is 17.2. The third-order valence-corrected chi connectivity index (χ3v) is 4.32. The molecule has 1 aromatic heterocycles. The number of carbonyl (C=O) groups is 1. The highest BCUT2D eigenvalue weighted by molar-refractivity contribution is 6.33. The van der Waals surface area contributed by atoms with Crippen molar-refractivity contribution in [3.05, 3.63) is 59.8 Å². The molecule has 0 aliphatic rings. The monoisotopic (exact) mass is 355 g/mol. The lowest BCUT2D eigenvalue weighted by molar-refractivity contribution is -0.147.